The highest BCUT2D eigenvalue weighted by Gasteiger charge is 2.16. The number of rotatable bonds is 4. The standard InChI is InChI=1S/C21H21ClN4O/c22-16-9-7-15(8-10-16)20-19(14-23-25-20)21(27)24-17-5-4-6-18(13-17)26-11-2-1-3-12-26/h4-10,13-14H,1-3,11-12H2,(H,23,25)(H,24,27). The molecule has 1 fully saturated rings. The average Bonchev–Trinajstić information content (AvgIpc) is 3.19. The molecule has 5 nitrogen and oxygen atoms in total. The number of benzene rings is 2. The SMILES string of the molecule is O=C(Nc1cccc(N2CCCCC2)c1)c1cn[nH]c1-c1ccc(Cl)cc1. The van der Waals surface area contributed by atoms with E-state index in [4.69, 9.17) is 11.6 Å². The first kappa shape index (κ1) is 17.6. The molecule has 6 heteroatoms. The molecule has 0 aliphatic carbocycles. The molecule has 0 radical (unpaired) electrons. The maximum absolute atomic E-state index is 12.8. The van der Waals surface area contributed by atoms with Gasteiger partial charge in [-0.25, -0.2) is 0 Å². The van der Waals surface area contributed by atoms with E-state index in [0.29, 0.717) is 16.3 Å². The first-order valence-corrected chi connectivity index (χ1v) is 9.54. The lowest BCUT2D eigenvalue weighted by Gasteiger charge is -2.29. The Balaban J connectivity index is 1.53. The Kier molecular flexibility index (Phi) is 5.12. The molecule has 0 atom stereocenters. The Bertz CT molecular complexity index is 929. The average molecular weight is 381 g/mol. The van der Waals surface area contributed by atoms with Crippen molar-refractivity contribution in [3.63, 3.8) is 0 Å². The Hall–Kier alpha value is -2.79. The number of anilines is 2. The number of hydrogen-bond acceptors (Lipinski definition) is 3. The molecule has 0 spiro atoms. The van der Waals surface area contributed by atoms with Crippen molar-refractivity contribution in [2.75, 3.05) is 23.3 Å². The largest absolute Gasteiger partial charge is 0.371 e. The van der Waals surface area contributed by atoms with Gasteiger partial charge in [-0.05, 0) is 49.6 Å². The van der Waals surface area contributed by atoms with E-state index in [-0.39, 0.29) is 5.91 Å². The molecule has 2 aromatic carbocycles. The van der Waals surface area contributed by atoms with E-state index in [1.165, 1.54) is 19.3 Å². The zero-order valence-electron chi connectivity index (χ0n) is 14.9. The lowest BCUT2D eigenvalue weighted by molar-refractivity contribution is 0.102. The summed E-state index contributed by atoms with van der Waals surface area (Å²) in [5.74, 6) is -0.190. The maximum atomic E-state index is 12.8. The van der Waals surface area contributed by atoms with E-state index in [1.807, 2.05) is 30.3 Å². The summed E-state index contributed by atoms with van der Waals surface area (Å²) in [5, 5.41) is 10.6. The van der Waals surface area contributed by atoms with Crippen LogP contribution in [-0.2, 0) is 0 Å². The van der Waals surface area contributed by atoms with Crippen LogP contribution >= 0.6 is 11.6 Å². The van der Waals surface area contributed by atoms with Gasteiger partial charge >= 0.3 is 0 Å². The number of H-pyrrole nitrogens is 1. The van der Waals surface area contributed by atoms with Crippen LogP contribution in [0.1, 0.15) is 29.6 Å². The van der Waals surface area contributed by atoms with Gasteiger partial charge in [-0.3, -0.25) is 9.89 Å². The molecule has 1 amide bonds. The summed E-state index contributed by atoms with van der Waals surface area (Å²) in [4.78, 5) is 15.2. The van der Waals surface area contributed by atoms with Crippen LogP contribution in [0.5, 0.6) is 0 Å². The molecular weight excluding hydrogens is 360 g/mol. The molecule has 138 valence electrons. The van der Waals surface area contributed by atoms with Crippen molar-refractivity contribution in [2.24, 2.45) is 0 Å². The van der Waals surface area contributed by atoms with Crippen LogP contribution in [0.15, 0.2) is 54.7 Å². The minimum absolute atomic E-state index is 0.190. The molecule has 4 rings (SSSR count). The summed E-state index contributed by atoms with van der Waals surface area (Å²) in [6.07, 6.45) is 5.28. The van der Waals surface area contributed by atoms with E-state index >= 15 is 0 Å². The molecule has 1 aliphatic heterocycles. The number of piperidine rings is 1. The first-order chi connectivity index (χ1) is 13.2. The van der Waals surface area contributed by atoms with Gasteiger partial charge in [-0.15, -0.1) is 0 Å². The molecule has 1 saturated heterocycles. The van der Waals surface area contributed by atoms with Crippen molar-refractivity contribution < 1.29 is 4.79 Å². The molecule has 3 aromatic rings. The Morgan fingerprint density at radius 3 is 2.63 bits per heavy atom. The van der Waals surface area contributed by atoms with Gasteiger partial charge in [0, 0.05) is 35.1 Å². The lowest BCUT2D eigenvalue weighted by atomic mass is 10.1. The van der Waals surface area contributed by atoms with E-state index in [9.17, 15) is 4.79 Å². The second kappa shape index (κ2) is 7.84. The smallest absolute Gasteiger partial charge is 0.259 e. The quantitative estimate of drug-likeness (QED) is 0.671. The second-order valence-electron chi connectivity index (χ2n) is 6.72. The van der Waals surface area contributed by atoms with Gasteiger partial charge in [0.25, 0.3) is 5.91 Å². The summed E-state index contributed by atoms with van der Waals surface area (Å²) >= 11 is 5.95. The first-order valence-electron chi connectivity index (χ1n) is 9.16. The van der Waals surface area contributed by atoms with Crippen molar-refractivity contribution in [2.45, 2.75) is 19.3 Å². The van der Waals surface area contributed by atoms with Gasteiger partial charge in [0.2, 0.25) is 0 Å². The zero-order chi connectivity index (χ0) is 18.6. The highest BCUT2D eigenvalue weighted by molar-refractivity contribution is 6.30. The van der Waals surface area contributed by atoms with Crippen LogP contribution in [0.3, 0.4) is 0 Å². The Morgan fingerprint density at radius 2 is 1.85 bits per heavy atom. The minimum Gasteiger partial charge on any atom is -0.371 e. The predicted octanol–water partition coefficient (Wildman–Crippen LogP) is 4.97. The molecular formula is C21H21ClN4O. The highest BCUT2D eigenvalue weighted by Crippen LogP contribution is 2.26. The summed E-state index contributed by atoms with van der Waals surface area (Å²) in [7, 11) is 0. The van der Waals surface area contributed by atoms with Gasteiger partial charge in [-0.1, -0.05) is 29.8 Å². The Morgan fingerprint density at radius 1 is 1.07 bits per heavy atom. The predicted molar refractivity (Wildman–Crippen MR) is 109 cm³/mol. The zero-order valence-corrected chi connectivity index (χ0v) is 15.7. The fourth-order valence-corrected chi connectivity index (χ4v) is 3.55. The topological polar surface area (TPSA) is 61.0 Å². The van der Waals surface area contributed by atoms with Gasteiger partial charge in [0.1, 0.15) is 0 Å². The van der Waals surface area contributed by atoms with E-state index in [0.717, 1.165) is 30.0 Å². The van der Waals surface area contributed by atoms with Crippen LogP contribution in [0.2, 0.25) is 5.02 Å². The number of nitrogens with zero attached hydrogens (tertiary/aromatic N) is 2. The second-order valence-corrected chi connectivity index (χ2v) is 7.15. The third-order valence-electron chi connectivity index (χ3n) is 4.84. The van der Waals surface area contributed by atoms with Gasteiger partial charge in [-0.2, -0.15) is 5.10 Å². The van der Waals surface area contributed by atoms with E-state index in [1.54, 1.807) is 18.3 Å². The molecule has 27 heavy (non-hydrogen) atoms. The summed E-state index contributed by atoms with van der Waals surface area (Å²) in [6.45, 7) is 2.14. The van der Waals surface area contributed by atoms with Crippen molar-refractivity contribution >= 4 is 28.9 Å². The van der Waals surface area contributed by atoms with Crippen molar-refractivity contribution in [3.8, 4) is 11.3 Å². The third-order valence-corrected chi connectivity index (χ3v) is 5.09. The maximum Gasteiger partial charge on any atom is 0.259 e. The van der Waals surface area contributed by atoms with Crippen molar-refractivity contribution in [3.05, 3.63) is 65.3 Å². The molecule has 2 heterocycles. The molecule has 0 unspecified atom stereocenters. The number of halogens is 1. The monoisotopic (exact) mass is 380 g/mol. The number of amides is 1. The third kappa shape index (κ3) is 3.98. The van der Waals surface area contributed by atoms with Crippen LogP contribution in [0.25, 0.3) is 11.3 Å². The molecule has 2 N–H and O–H groups in total. The fraction of sp³-hybridized carbons (Fsp3) is 0.238. The Labute approximate surface area is 163 Å². The summed E-state index contributed by atoms with van der Waals surface area (Å²) in [5.41, 5.74) is 3.98. The summed E-state index contributed by atoms with van der Waals surface area (Å²) in [6, 6.07) is 15.3. The number of carbonyl (C=O) groups is 1. The number of aromatic amines is 1. The number of hydrogen-bond donors (Lipinski definition) is 2. The summed E-state index contributed by atoms with van der Waals surface area (Å²) < 4.78 is 0. The van der Waals surface area contributed by atoms with Gasteiger partial charge in [0.05, 0.1) is 17.5 Å². The fourth-order valence-electron chi connectivity index (χ4n) is 3.43. The van der Waals surface area contributed by atoms with Crippen LogP contribution < -0.4 is 10.2 Å². The number of aromatic nitrogens is 2. The van der Waals surface area contributed by atoms with Gasteiger partial charge in [0.15, 0.2) is 0 Å². The molecule has 0 bridgehead atoms. The van der Waals surface area contributed by atoms with Gasteiger partial charge < -0.3 is 10.2 Å². The molecule has 1 aliphatic rings. The molecule has 0 saturated carbocycles. The van der Waals surface area contributed by atoms with Crippen molar-refractivity contribution in [1.29, 1.82) is 0 Å². The number of nitrogens with one attached hydrogen (secondary N) is 2. The lowest BCUT2D eigenvalue weighted by Crippen LogP contribution is -2.29. The number of carbonyl (C=O) groups excluding carboxylic acids is 1. The normalized spacial score (nSPS) is 14.2. The minimum atomic E-state index is -0.190. The van der Waals surface area contributed by atoms with E-state index < -0.39 is 0 Å². The highest BCUT2D eigenvalue weighted by atomic mass is 35.5. The molecule has 1 aromatic heterocycles. The van der Waals surface area contributed by atoms with Crippen LogP contribution in [0, 0.1) is 0 Å². The van der Waals surface area contributed by atoms with Crippen LogP contribution in [-0.4, -0.2) is 29.2 Å². The van der Waals surface area contributed by atoms with Crippen molar-refractivity contribution in [1.82, 2.24) is 10.2 Å². The van der Waals surface area contributed by atoms with Crippen LogP contribution in [0.4, 0.5) is 11.4 Å². The van der Waals surface area contributed by atoms with E-state index in [2.05, 4.69) is 26.5 Å².